The number of rotatable bonds is 4. The Kier molecular flexibility index (Phi) is 4.10. The van der Waals surface area contributed by atoms with Crippen molar-refractivity contribution in [2.75, 3.05) is 11.5 Å². The maximum absolute atomic E-state index is 12.1. The van der Waals surface area contributed by atoms with Gasteiger partial charge in [0.05, 0.1) is 11.8 Å². The predicted octanol–water partition coefficient (Wildman–Crippen LogP) is 1.67. The van der Waals surface area contributed by atoms with Crippen molar-refractivity contribution in [1.29, 1.82) is 0 Å². The Morgan fingerprint density at radius 3 is 3.14 bits per heavy atom. The summed E-state index contributed by atoms with van der Waals surface area (Å²) in [5.74, 6) is 0.542. The summed E-state index contributed by atoms with van der Waals surface area (Å²) in [7, 11) is 0. The summed E-state index contributed by atoms with van der Waals surface area (Å²) < 4.78 is 0. The van der Waals surface area contributed by atoms with Crippen LogP contribution in [0, 0.1) is 0 Å². The molecule has 1 aromatic heterocycles. The molecule has 0 bridgehead atoms. The lowest BCUT2D eigenvalue weighted by Crippen LogP contribution is -2.32. The third kappa shape index (κ3) is 3.36. The van der Waals surface area contributed by atoms with Crippen molar-refractivity contribution in [3.05, 3.63) is 35.4 Å². The van der Waals surface area contributed by atoms with E-state index in [0.29, 0.717) is 5.16 Å². The van der Waals surface area contributed by atoms with Crippen LogP contribution in [0.4, 0.5) is 5.95 Å². The van der Waals surface area contributed by atoms with Crippen molar-refractivity contribution in [2.24, 2.45) is 0 Å². The molecule has 0 saturated carbocycles. The molecule has 1 amide bonds. The van der Waals surface area contributed by atoms with E-state index in [2.05, 4.69) is 32.6 Å². The second kappa shape index (κ2) is 6.17. The third-order valence-corrected chi connectivity index (χ3v) is 4.37. The fourth-order valence-corrected chi connectivity index (χ4v) is 3.21. The van der Waals surface area contributed by atoms with E-state index in [9.17, 15) is 4.79 Å². The van der Waals surface area contributed by atoms with Gasteiger partial charge in [0.15, 0.2) is 0 Å². The molecule has 1 aliphatic carbocycles. The minimum absolute atomic E-state index is 0.00919. The van der Waals surface area contributed by atoms with Gasteiger partial charge in [-0.05, 0) is 30.4 Å². The number of nitrogens with zero attached hydrogens (tertiary/aromatic N) is 2. The predicted molar refractivity (Wildman–Crippen MR) is 81.8 cm³/mol. The number of aromatic amines is 1. The number of hydrogen-bond acceptors (Lipinski definition) is 5. The number of aromatic nitrogens is 3. The van der Waals surface area contributed by atoms with Crippen LogP contribution < -0.4 is 11.1 Å². The lowest BCUT2D eigenvalue weighted by molar-refractivity contribution is -0.119. The van der Waals surface area contributed by atoms with Crippen molar-refractivity contribution >= 4 is 23.6 Å². The van der Waals surface area contributed by atoms with Crippen LogP contribution >= 0.6 is 11.8 Å². The van der Waals surface area contributed by atoms with Gasteiger partial charge in [0.2, 0.25) is 17.0 Å². The molecular weight excluding hydrogens is 286 g/mol. The second-order valence-electron chi connectivity index (χ2n) is 5.00. The second-order valence-corrected chi connectivity index (χ2v) is 5.95. The highest BCUT2D eigenvalue weighted by Crippen LogP contribution is 2.29. The lowest BCUT2D eigenvalue weighted by atomic mass is 9.88. The van der Waals surface area contributed by atoms with Gasteiger partial charge in [0.25, 0.3) is 0 Å². The molecule has 4 N–H and O–H groups in total. The van der Waals surface area contributed by atoms with Crippen LogP contribution in [0.25, 0.3) is 0 Å². The smallest absolute Gasteiger partial charge is 0.230 e. The average molecular weight is 303 g/mol. The van der Waals surface area contributed by atoms with E-state index in [4.69, 9.17) is 5.73 Å². The van der Waals surface area contributed by atoms with E-state index >= 15 is 0 Å². The molecule has 2 aromatic rings. The number of benzene rings is 1. The van der Waals surface area contributed by atoms with Gasteiger partial charge in [0.1, 0.15) is 0 Å². The van der Waals surface area contributed by atoms with Crippen molar-refractivity contribution in [2.45, 2.75) is 30.5 Å². The number of anilines is 1. The Morgan fingerprint density at radius 2 is 2.33 bits per heavy atom. The highest BCUT2D eigenvalue weighted by atomic mass is 32.2. The van der Waals surface area contributed by atoms with E-state index in [1.54, 1.807) is 0 Å². The van der Waals surface area contributed by atoms with E-state index in [1.807, 2.05) is 12.1 Å². The summed E-state index contributed by atoms with van der Waals surface area (Å²) in [5.41, 5.74) is 8.02. The number of carbonyl (C=O) groups is 1. The fraction of sp³-hybridized carbons (Fsp3) is 0.357. The van der Waals surface area contributed by atoms with Gasteiger partial charge in [-0.1, -0.05) is 36.0 Å². The normalized spacial score (nSPS) is 17.2. The minimum atomic E-state index is -0.00919. The number of nitrogens with one attached hydrogen (secondary N) is 2. The third-order valence-electron chi connectivity index (χ3n) is 3.52. The quantitative estimate of drug-likeness (QED) is 0.747. The number of thioether (sulfide) groups is 1. The van der Waals surface area contributed by atoms with Crippen LogP contribution in [0.5, 0.6) is 0 Å². The van der Waals surface area contributed by atoms with Gasteiger partial charge < -0.3 is 11.1 Å². The summed E-state index contributed by atoms with van der Waals surface area (Å²) >= 11 is 1.27. The molecule has 0 saturated heterocycles. The maximum atomic E-state index is 12.1. The van der Waals surface area contributed by atoms with E-state index in [1.165, 1.54) is 22.9 Å². The molecule has 6 nitrogen and oxygen atoms in total. The summed E-state index contributed by atoms with van der Waals surface area (Å²) in [6.07, 6.45) is 3.18. The molecule has 7 heteroatoms. The van der Waals surface area contributed by atoms with E-state index < -0.39 is 0 Å². The van der Waals surface area contributed by atoms with Gasteiger partial charge in [-0.25, -0.2) is 5.10 Å². The molecule has 1 heterocycles. The monoisotopic (exact) mass is 303 g/mol. The summed E-state index contributed by atoms with van der Waals surface area (Å²) in [6.45, 7) is 0. The molecule has 0 spiro atoms. The molecular formula is C14H17N5OS. The molecule has 21 heavy (non-hydrogen) atoms. The summed E-state index contributed by atoms with van der Waals surface area (Å²) in [5, 5.41) is 10.0. The molecule has 1 unspecified atom stereocenters. The SMILES string of the molecule is Nc1nc(SCC(=O)NC2CCCc3ccccc32)n[nH]1. The van der Waals surface area contributed by atoms with E-state index in [0.717, 1.165) is 19.3 Å². The maximum Gasteiger partial charge on any atom is 0.230 e. The molecule has 0 aliphatic heterocycles. The number of amides is 1. The van der Waals surface area contributed by atoms with Crippen molar-refractivity contribution in [3.63, 3.8) is 0 Å². The zero-order valence-corrected chi connectivity index (χ0v) is 12.3. The number of nitrogens with two attached hydrogens (primary N) is 1. The molecule has 0 radical (unpaired) electrons. The standard InChI is InChI=1S/C14H17N5OS/c15-13-17-14(19-18-13)21-8-12(20)16-11-7-3-5-9-4-1-2-6-10(9)11/h1-2,4,6,11H,3,5,7-8H2,(H,16,20)(H3,15,17,18,19). The number of H-pyrrole nitrogens is 1. The van der Waals surface area contributed by atoms with Crippen LogP contribution in [0.1, 0.15) is 30.0 Å². The molecule has 3 rings (SSSR count). The van der Waals surface area contributed by atoms with Gasteiger partial charge in [-0.2, -0.15) is 4.98 Å². The first-order valence-electron chi connectivity index (χ1n) is 6.90. The number of fused-ring (bicyclic) bond motifs is 1. The Bertz CT molecular complexity index is 642. The average Bonchev–Trinajstić information content (AvgIpc) is 2.91. The van der Waals surface area contributed by atoms with Crippen LogP contribution in [0.3, 0.4) is 0 Å². The Morgan fingerprint density at radius 1 is 1.48 bits per heavy atom. The summed E-state index contributed by atoms with van der Waals surface area (Å²) in [6, 6.07) is 8.42. The topological polar surface area (TPSA) is 96.7 Å². The highest BCUT2D eigenvalue weighted by molar-refractivity contribution is 7.99. The highest BCUT2D eigenvalue weighted by Gasteiger charge is 2.21. The van der Waals surface area contributed by atoms with Crippen LogP contribution in [-0.4, -0.2) is 26.8 Å². The van der Waals surface area contributed by atoms with Crippen molar-refractivity contribution in [3.8, 4) is 0 Å². The largest absolute Gasteiger partial charge is 0.368 e. The molecule has 1 aromatic carbocycles. The first-order valence-corrected chi connectivity index (χ1v) is 7.89. The molecule has 0 fully saturated rings. The molecule has 1 atom stereocenters. The number of hydrogen-bond donors (Lipinski definition) is 3. The Balaban J connectivity index is 1.58. The summed E-state index contributed by atoms with van der Waals surface area (Å²) in [4.78, 5) is 16.0. The lowest BCUT2D eigenvalue weighted by Gasteiger charge is -2.26. The van der Waals surface area contributed by atoms with Crippen molar-refractivity contribution < 1.29 is 4.79 Å². The number of carbonyl (C=O) groups excluding carboxylic acids is 1. The zero-order chi connectivity index (χ0) is 14.7. The van der Waals surface area contributed by atoms with Crippen molar-refractivity contribution in [1.82, 2.24) is 20.5 Å². The molecule has 110 valence electrons. The van der Waals surface area contributed by atoms with Gasteiger partial charge in [0, 0.05) is 0 Å². The van der Waals surface area contributed by atoms with Gasteiger partial charge in [-0.15, -0.1) is 5.10 Å². The zero-order valence-electron chi connectivity index (χ0n) is 11.5. The number of nitrogen functional groups attached to an aromatic ring is 1. The first-order chi connectivity index (χ1) is 10.2. The Hall–Kier alpha value is -2.02. The van der Waals surface area contributed by atoms with Gasteiger partial charge >= 0.3 is 0 Å². The Labute approximate surface area is 126 Å². The minimum Gasteiger partial charge on any atom is -0.368 e. The van der Waals surface area contributed by atoms with Crippen LogP contribution in [0.15, 0.2) is 29.4 Å². The van der Waals surface area contributed by atoms with Crippen LogP contribution in [-0.2, 0) is 11.2 Å². The first kappa shape index (κ1) is 13.9. The van der Waals surface area contributed by atoms with Gasteiger partial charge in [-0.3, -0.25) is 4.79 Å². The molecule has 1 aliphatic rings. The van der Waals surface area contributed by atoms with Crippen LogP contribution in [0.2, 0.25) is 0 Å². The fourth-order valence-electron chi connectivity index (χ4n) is 2.59. The van der Waals surface area contributed by atoms with E-state index in [-0.39, 0.29) is 23.7 Å². The number of aryl methyl sites for hydroxylation is 1.